The zero-order chi connectivity index (χ0) is 8.10. The third-order valence-corrected chi connectivity index (χ3v) is 4.15. The molecule has 0 atom stereocenters. The van der Waals surface area contributed by atoms with E-state index in [2.05, 4.69) is 4.74 Å². The van der Waals surface area contributed by atoms with Gasteiger partial charge in [-0.1, -0.05) is 0 Å². The van der Waals surface area contributed by atoms with Gasteiger partial charge in [0.05, 0.1) is 0 Å². The first-order chi connectivity index (χ1) is 5.33. The summed E-state index contributed by atoms with van der Waals surface area (Å²) in [5, 5.41) is 0. The van der Waals surface area contributed by atoms with Crippen molar-refractivity contribution in [2.75, 3.05) is 7.11 Å². The van der Waals surface area contributed by atoms with E-state index in [0.29, 0.717) is 0 Å². The fourth-order valence-electron chi connectivity index (χ4n) is 0.690. The van der Waals surface area contributed by atoms with E-state index in [0.717, 1.165) is 3.58 Å². The molecular weight excluding hydrogens is 247 g/mol. The van der Waals surface area contributed by atoms with Crippen LogP contribution >= 0.6 is 0 Å². The number of rotatable bonds is 2. The Balaban J connectivity index is 2.58. The van der Waals surface area contributed by atoms with Crippen molar-refractivity contribution < 1.29 is 9.53 Å². The number of ether oxygens (including phenoxy) is 1. The third kappa shape index (κ3) is 2.92. The average molecular weight is 255 g/mol. The van der Waals surface area contributed by atoms with E-state index in [1.54, 1.807) is 0 Å². The standard InChI is InChI=1S/C6H5.C2H3O2.Sn/c1-2-4-6-5-3-1;1-4-2-3;/h1-5H;1H3;/q;;+2. The van der Waals surface area contributed by atoms with Gasteiger partial charge in [0.2, 0.25) is 0 Å². The van der Waals surface area contributed by atoms with Crippen LogP contribution in [-0.4, -0.2) is 32.2 Å². The van der Waals surface area contributed by atoms with Crippen LogP contribution in [0.4, 0.5) is 4.79 Å². The minimum absolute atomic E-state index is 0.0280. The quantitative estimate of drug-likeness (QED) is 0.730. The van der Waals surface area contributed by atoms with Crippen LogP contribution in [0.3, 0.4) is 0 Å². The van der Waals surface area contributed by atoms with Gasteiger partial charge in [-0.25, -0.2) is 0 Å². The normalized spacial score (nSPS) is 8.45. The van der Waals surface area contributed by atoms with E-state index in [4.69, 9.17) is 0 Å². The molecule has 0 heterocycles. The van der Waals surface area contributed by atoms with Gasteiger partial charge in [0.1, 0.15) is 0 Å². The monoisotopic (exact) mass is 256 g/mol. The molecule has 54 valence electrons. The number of hydrogen-bond acceptors (Lipinski definition) is 2. The topological polar surface area (TPSA) is 26.3 Å². The SMILES string of the molecule is CO[C](=O)[Sn+2][c]1ccccc1. The summed E-state index contributed by atoms with van der Waals surface area (Å²) in [6, 6.07) is 9.78. The molecule has 2 nitrogen and oxygen atoms in total. The fourth-order valence-corrected chi connectivity index (χ4v) is 2.68. The Bertz CT molecular complexity index is 233. The van der Waals surface area contributed by atoms with Crippen molar-refractivity contribution in [2.24, 2.45) is 0 Å². The van der Waals surface area contributed by atoms with Crippen molar-refractivity contribution in [3.8, 4) is 0 Å². The molecule has 0 N–H and O–H groups in total. The maximum atomic E-state index is 10.8. The van der Waals surface area contributed by atoms with E-state index >= 15 is 0 Å². The Morgan fingerprint density at radius 1 is 1.36 bits per heavy atom. The molecule has 0 saturated heterocycles. The van der Waals surface area contributed by atoms with Crippen LogP contribution in [0.25, 0.3) is 0 Å². The van der Waals surface area contributed by atoms with Crippen LogP contribution < -0.4 is 3.58 Å². The summed E-state index contributed by atoms with van der Waals surface area (Å²) in [7, 11) is 1.44. The average Bonchev–Trinajstić information content (AvgIpc) is 2.06. The second-order valence-corrected chi connectivity index (χ2v) is 5.51. The summed E-state index contributed by atoms with van der Waals surface area (Å²) in [5.41, 5.74) is 0. The number of carbonyl (C=O) groups is 1. The molecule has 11 heavy (non-hydrogen) atoms. The predicted octanol–water partition coefficient (Wildman–Crippen LogP) is 0.783. The van der Waals surface area contributed by atoms with Crippen LogP contribution in [0.15, 0.2) is 30.3 Å². The first kappa shape index (κ1) is 8.58. The summed E-state index contributed by atoms with van der Waals surface area (Å²) in [5.74, 6) is 0. The number of methoxy groups -OCH3 is 1. The molecule has 0 radical (unpaired) electrons. The maximum absolute atomic E-state index is 10.8. The molecule has 0 unspecified atom stereocenters. The van der Waals surface area contributed by atoms with Gasteiger partial charge in [-0.15, -0.1) is 0 Å². The molecule has 0 bridgehead atoms. The van der Waals surface area contributed by atoms with Crippen LogP contribution in [0.1, 0.15) is 0 Å². The van der Waals surface area contributed by atoms with Gasteiger partial charge in [-0.3, -0.25) is 0 Å². The number of benzene rings is 1. The van der Waals surface area contributed by atoms with Gasteiger partial charge in [0.25, 0.3) is 0 Å². The summed E-state index contributed by atoms with van der Waals surface area (Å²) < 4.78 is 5.72. The first-order valence-corrected chi connectivity index (χ1v) is 6.08. The first-order valence-electron chi connectivity index (χ1n) is 3.23. The second-order valence-electron chi connectivity index (χ2n) is 1.98. The summed E-state index contributed by atoms with van der Waals surface area (Å²) in [6.07, 6.45) is 0. The Labute approximate surface area is 75.8 Å². The van der Waals surface area contributed by atoms with Gasteiger partial charge in [-0.05, 0) is 0 Å². The number of hydrogen-bond donors (Lipinski definition) is 0. The summed E-state index contributed by atoms with van der Waals surface area (Å²) >= 11 is -1.12. The molecule has 0 fully saturated rings. The van der Waals surface area contributed by atoms with Crippen LogP contribution in [-0.2, 0) is 4.74 Å². The summed E-state index contributed by atoms with van der Waals surface area (Å²) in [4.78, 5) is 10.8. The molecule has 0 amide bonds. The molecule has 0 saturated carbocycles. The van der Waals surface area contributed by atoms with E-state index in [9.17, 15) is 4.79 Å². The van der Waals surface area contributed by atoms with E-state index in [1.165, 1.54) is 7.11 Å². The van der Waals surface area contributed by atoms with Crippen LogP contribution in [0.2, 0.25) is 0 Å². The third-order valence-electron chi connectivity index (χ3n) is 1.21. The van der Waals surface area contributed by atoms with Gasteiger partial charge in [0.15, 0.2) is 0 Å². The number of carbonyl (C=O) groups excluding carboxylic acids is 1. The predicted molar refractivity (Wildman–Crippen MR) is 44.2 cm³/mol. The Kier molecular flexibility index (Phi) is 3.42. The Morgan fingerprint density at radius 3 is 2.55 bits per heavy atom. The van der Waals surface area contributed by atoms with Crippen molar-refractivity contribution in [3.63, 3.8) is 0 Å². The van der Waals surface area contributed by atoms with Gasteiger partial charge in [0, 0.05) is 0 Å². The van der Waals surface area contributed by atoms with Gasteiger partial charge < -0.3 is 0 Å². The molecule has 1 aromatic carbocycles. The Morgan fingerprint density at radius 2 is 2.00 bits per heavy atom. The molecule has 3 heteroatoms. The fraction of sp³-hybridized carbons (Fsp3) is 0.125. The summed E-state index contributed by atoms with van der Waals surface area (Å²) in [6.45, 7) is 0. The van der Waals surface area contributed by atoms with E-state index in [-0.39, 0.29) is 3.99 Å². The molecule has 0 aliphatic rings. The second kappa shape index (κ2) is 4.38. The molecule has 0 spiro atoms. The Hall–Kier alpha value is -0.511. The van der Waals surface area contributed by atoms with Crippen molar-refractivity contribution in [1.82, 2.24) is 0 Å². The molecule has 1 aromatic rings. The van der Waals surface area contributed by atoms with Crippen LogP contribution in [0.5, 0.6) is 0 Å². The van der Waals surface area contributed by atoms with E-state index < -0.39 is 21.1 Å². The van der Waals surface area contributed by atoms with Crippen LogP contribution in [0, 0.1) is 0 Å². The molecule has 0 aromatic heterocycles. The zero-order valence-electron chi connectivity index (χ0n) is 6.20. The van der Waals surface area contributed by atoms with E-state index in [1.807, 2.05) is 30.3 Å². The van der Waals surface area contributed by atoms with Crippen molar-refractivity contribution in [2.45, 2.75) is 0 Å². The molecule has 1 rings (SSSR count). The van der Waals surface area contributed by atoms with Crippen molar-refractivity contribution in [1.29, 1.82) is 0 Å². The van der Waals surface area contributed by atoms with Gasteiger partial charge in [-0.2, -0.15) is 0 Å². The molecule has 0 aliphatic carbocycles. The van der Waals surface area contributed by atoms with Crippen molar-refractivity contribution >= 4 is 28.7 Å². The minimum atomic E-state index is -1.12. The van der Waals surface area contributed by atoms with Crippen molar-refractivity contribution in [3.05, 3.63) is 30.3 Å². The zero-order valence-corrected chi connectivity index (χ0v) is 9.06. The van der Waals surface area contributed by atoms with Gasteiger partial charge >= 0.3 is 75.7 Å². The molecule has 0 aliphatic heterocycles. The molecular formula is C8H8O2Sn+2.